The van der Waals surface area contributed by atoms with Gasteiger partial charge in [0.05, 0.1) is 5.69 Å². The lowest BCUT2D eigenvalue weighted by atomic mass is 9.92. The SMILES string of the molecule is CCC(C)N(C)C(=O)Nc1cc(C(C)(C)C)ns1. The highest BCUT2D eigenvalue weighted by Gasteiger charge is 2.19. The van der Waals surface area contributed by atoms with Crippen molar-refractivity contribution >= 4 is 22.6 Å². The Bertz CT molecular complexity index is 409. The van der Waals surface area contributed by atoms with Crippen LogP contribution in [0, 0.1) is 0 Å². The average molecular weight is 269 g/mol. The highest BCUT2D eigenvalue weighted by Crippen LogP contribution is 2.26. The number of hydrogen-bond acceptors (Lipinski definition) is 3. The maximum Gasteiger partial charge on any atom is 0.322 e. The third kappa shape index (κ3) is 3.70. The molecule has 0 aliphatic carbocycles. The Balaban J connectivity index is 2.68. The van der Waals surface area contributed by atoms with Gasteiger partial charge in [0.1, 0.15) is 5.00 Å². The second kappa shape index (κ2) is 5.69. The number of anilines is 1. The van der Waals surface area contributed by atoms with E-state index in [0.29, 0.717) is 0 Å². The van der Waals surface area contributed by atoms with Crippen LogP contribution in [0.3, 0.4) is 0 Å². The second-order valence-corrected chi connectivity index (χ2v) is 6.43. The van der Waals surface area contributed by atoms with Crippen LogP contribution in [0.15, 0.2) is 6.07 Å². The summed E-state index contributed by atoms with van der Waals surface area (Å²) in [4.78, 5) is 13.7. The van der Waals surface area contributed by atoms with E-state index in [1.54, 1.807) is 4.90 Å². The number of urea groups is 1. The molecule has 2 amide bonds. The molecular formula is C13H23N3OS. The molecule has 1 atom stereocenters. The van der Waals surface area contributed by atoms with E-state index < -0.39 is 0 Å². The van der Waals surface area contributed by atoms with Gasteiger partial charge in [-0.15, -0.1) is 0 Å². The average Bonchev–Trinajstić information content (AvgIpc) is 2.75. The normalized spacial score (nSPS) is 13.2. The van der Waals surface area contributed by atoms with Crippen LogP contribution in [-0.2, 0) is 5.41 Å². The Kier molecular flexibility index (Phi) is 4.73. The van der Waals surface area contributed by atoms with E-state index in [0.717, 1.165) is 17.1 Å². The van der Waals surface area contributed by atoms with Crippen molar-refractivity contribution in [2.45, 2.75) is 52.5 Å². The van der Waals surface area contributed by atoms with Crippen LogP contribution in [-0.4, -0.2) is 28.4 Å². The molecule has 0 aliphatic rings. The van der Waals surface area contributed by atoms with Crippen molar-refractivity contribution in [2.24, 2.45) is 0 Å². The monoisotopic (exact) mass is 269 g/mol. The van der Waals surface area contributed by atoms with Crippen molar-refractivity contribution in [1.82, 2.24) is 9.27 Å². The van der Waals surface area contributed by atoms with E-state index in [1.165, 1.54) is 11.5 Å². The van der Waals surface area contributed by atoms with E-state index in [1.807, 2.05) is 20.0 Å². The molecule has 0 spiro atoms. The molecule has 1 N–H and O–H groups in total. The number of amides is 2. The molecular weight excluding hydrogens is 246 g/mol. The number of nitrogens with one attached hydrogen (secondary N) is 1. The summed E-state index contributed by atoms with van der Waals surface area (Å²) in [6.45, 7) is 10.4. The maximum atomic E-state index is 12.0. The quantitative estimate of drug-likeness (QED) is 0.909. The molecule has 0 saturated carbocycles. The zero-order valence-electron chi connectivity index (χ0n) is 12.1. The Hall–Kier alpha value is -1.10. The maximum absolute atomic E-state index is 12.0. The van der Waals surface area contributed by atoms with Gasteiger partial charge in [0, 0.05) is 18.5 Å². The Labute approximate surface area is 114 Å². The largest absolute Gasteiger partial charge is 0.325 e. The molecule has 0 aromatic carbocycles. The summed E-state index contributed by atoms with van der Waals surface area (Å²) in [6, 6.07) is 2.11. The lowest BCUT2D eigenvalue weighted by molar-refractivity contribution is 0.206. The van der Waals surface area contributed by atoms with Gasteiger partial charge >= 0.3 is 6.03 Å². The van der Waals surface area contributed by atoms with Crippen LogP contribution in [0.2, 0.25) is 0 Å². The van der Waals surface area contributed by atoms with E-state index in [2.05, 4.69) is 37.4 Å². The van der Waals surface area contributed by atoms with Gasteiger partial charge in [-0.1, -0.05) is 27.7 Å². The van der Waals surface area contributed by atoms with Gasteiger partial charge in [-0.25, -0.2) is 4.79 Å². The Morgan fingerprint density at radius 2 is 2.17 bits per heavy atom. The highest BCUT2D eigenvalue weighted by molar-refractivity contribution is 7.10. The molecule has 0 fully saturated rings. The Morgan fingerprint density at radius 3 is 2.61 bits per heavy atom. The summed E-state index contributed by atoms with van der Waals surface area (Å²) in [7, 11) is 1.81. The van der Waals surface area contributed by atoms with Gasteiger partial charge in [0.25, 0.3) is 0 Å². The first-order valence-corrected chi connectivity index (χ1v) is 7.04. The van der Waals surface area contributed by atoms with Crippen LogP contribution in [0.5, 0.6) is 0 Å². The van der Waals surface area contributed by atoms with Crippen LogP contribution in [0.4, 0.5) is 9.80 Å². The summed E-state index contributed by atoms with van der Waals surface area (Å²) in [5, 5.41) is 3.70. The zero-order valence-corrected chi connectivity index (χ0v) is 12.9. The molecule has 0 bridgehead atoms. The third-order valence-electron chi connectivity index (χ3n) is 3.08. The number of hydrogen-bond donors (Lipinski definition) is 1. The van der Waals surface area contributed by atoms with Crippen molar-refractivity contribution in [3.8, 4) is 0 Å². The molecule has 1 aromatic rings. The fourth-order valence-corrected chi connectivity index (χ4v) is 2.18. The topological polar surface area (TPSA) is 45.2 Å². The van der Waals surface area contributed by atoms with Crippen molar-refractivity contribution in [3.05, 3.63) is 11.8 Å². The van der Waals surface area contributed by atoms with E-state index in [4.69, 9.17) is 0 Å². The van der Waals surface area contributed by atoms with Gasteiger partial charge in [0.15, 0.2) is 0 Å². The van der Waals surface area contributed by atoms with Crippen molar-refractivity contribution < 1.29 is 4.79 Å². The van der Waals surface area contributed by atoms with E-state index >= 15 is 0 Å². The predicted molar refractivity (Wildman–Crippen MR) is 77.3 cm³/mol. The summed E-state index contributed by atoms with van der Waals surface area (Å²) >= 11 is 1.33. The van der Waals surface area contributed by atoms with Crippen LogP contribution in [0.25, 0.3) is 0 Å². The van der Waals surface area contributed by atoms with E-state index in [-0.39, 0.29) is 17.5 Å². The predicted octanol–water partition coefficient (Wildman–Crippen LogP) is 3.70. The summed E-state index contributed by atoms with van der Waals surface area (Å²) in [6.07, 6.45) is 0.944. The molecule has 0 radical (unpaired) electrons. The molecule has 102 valence electrons. The first kappa shape index (κ1) is 15.0. The molecule has 0 aliphatic heterocycles. The lowest BCUT2D eigenvalue weighted by Gasteiger charge is -2.23. The first-order chi connectivity index (χ1) is 8.25. The molecule has 18 heavy (non-hydrogen) atoms. The summed E-state index contributed by atoms with van der Waals surface area (Å²) in [5.41, 5.74) is 1.02. The van der Waals surface area contributed by atoms with Crippen LogP contribution in [0.1, 0.15) is 46.7 Å². The number of aromatic nitrogens is 1. The highest BCUT2D eigenvalue weighted by atomic mass is 32.1. The minimum Gasteiger partial charge on any atom is -0.325 e. The van der Waals surface area contributed by atoms with Crippen molar-refractivity contribution in [2.75, 3.05) is 12.4 Å². The lowest BCUT2D eigenvalue weighted by Crippen LogP contribution is -2.37. The fourth-order valence-electron chi connectivity index (χ4n) is 1.36. The van der Waals surface area contributed by atoms with Gasteiger partial charge in [-0.3, -0.25) is 5.32 Å². The molecule has 4 nitrogen and oxygen atoms in total. The Morgan fingerprint density at radius 1 is 1.56 bits per heavy atom. The second-order valence-electron chi connectivity index (χ2n) is 5.62. The first-order valence-electron chi connectivity index (χ1n) is 6.26. The van der Waals surface area contributed by atoms with Gasteiger partial charge in [-0.05, 0) is 30.9 Å². The molecule has 1 unspecified atom stereocenters. The summed E-state index contributed by atoms with van der Waals surface area (Å²) in [5.74, 6) is 0. The third-order valence-corrected chi connectivity index (χ3v) is 3.79. The smallest absolute Gasteiger partial charge is 0.322 e. The van der Waals surface area contributed by atoms with Crippen molar-refractivity contribution in [3.63, 3.8) is 0 Å². The van der Waals surface area contributed by atoms with Crippen LogP contribution < -0.4 is 5.32 Å². The molecule has 5 heteroatoms. The minimum absolute atomic E-state index is 0.0160. The van der Waals surface area contributed by atoms with Crippen molar-refractivity contribution in [1.29, 1.82) is 0 Å². The zero-order chi connectivity index (χ0) is 13.9. The minimum atomic E-state index is -0.0755. The van der Waals surface area contributed by atoms with Gasteiger partial charge in [-0.2, -0.15) is 4.37 Å². The fraction of sp³-hybridized carbons (Fsp3) is 0.692. The van der Waals surface area contributed by atoms with Crippen LogP contribution >= 0.6 is 11.5 Å². The summed E-state index contributed by atoms with van der Waals surface area (Å²) < 4.78 is 4.37. The molecule has 1 heterocycles. The molecule has 0 saturated heterocycles. The number of nitrogens with zero attached hydrogens (tertiary/aromatic N) is 2. The van der Waals surface area contributed by atoms with E-state index in [9.17, 15) is 4.79 Å². The standard InChI is InChI=1S/C13H23N3OS/c1-7-9(2)16(6)12(17)14-11-8-10(15-18-11)13(3,4)5/h8-9H,7H2,1-6H3,(H,14,17). The van der Waals surface area contributed by atoms with Gasteiger partial charge < -0.3 is 4.90 Å². The number of carbonyl (C=O) groups is 1. The molecule has 1 rings (SSSR count). The number of carbonyl (C=O) groups excluding carboxylic acids is 1. The molecule has 1 aromatic heterocycles. The van der Waals surface area contributed by atoms with Gasteiger partial charge in [0.2, 0.25) is 0 Å². The number of rotatable bonds is 3.